The Labute approximate surface area is 184 Å². The fourth-order valence-corrected chi connectivity index (χ4v) is 4.42. The van der Waals surface area contributed by atoms with Crippen molar-refractivity contribution in [2.45, 2.75) is 39.3 Å². The Kier molecular flexibility index (Phi) is 8.56. The normalized spacial score (nSPS) is 15.1. The molecule has 0 unspecified atom stereocenters. The van der Waals surface area contributed by atoms with E-state index in [1.54, 1.807) is 11.3 Å². The molecule has 1 aliphatic heterocycles. The third-order valence-corrected chi connectivity index (χ3v) is 6.25. The van der Waals surface area contributed by atoms with E-state index in [1.807, 2.05) is 49.1 Å². The number of benzene rings is 1. The van der Waals surface area contributed by atoms with Crippen molar-refractivity contribution in [3.63, 3.8) is 0 Å². The maximum absolute atomic E-state index is 12.7. The number of rotatable bonds is 8. The van der Waals surface area contributed by atoms with Gasteiger partial charge in [0, 0.05) is 38.8 Å². The number of nitrogens with one attached hydrogen (secondary N) is 2. The highest BCUT2D eigenvalue weighted by Gasteiger charge is 2.21. The van der Waals surface area contributed by atoms with E-state index in [0.717, 1.165) is 44.0 Å². The number of carbonyl (C=O) groups excluding carboxylic acids is 1. The number of hydrogen-bond donors (Lipinski definition) is 2. The first-order chi connectivity index (χ1) is 14.7. The summed E-state index contributed by atoms with van der Waals surface area (Å²) in [5.74, 6) is 0.780. The Morgan fingerprint density at radius 3 is 2.57 bits per heavy atom. The molecule has 0 atom stereocenters. The Morgan fingerprint density at radius 2 is 1.93 bits per heavy atom. The molecule has 1 aromatic carbocycles. The highest BCUT2D eigenvalue weighted by Crippen LogP contribution is 2.24. The minimum absolute atomic E-state index is 0.0473. The van der Waals surface area contributed by atoms with Crippen LogP contribution in [0.2, 0.25) is 0 Å². The van der Waals surface area contributed by atoms with Crippen LogP contribution >= 0.6 is 11.3 Å². The Hall–Kier alpha value is -2.54. The molecule has 0 spiro atoms. The van der Waals surface area contributed by atoms with E-state index >= 15 is 0 Å². The minimum atomic E-state index is 0.0473. The second-order valence-electron chi connectivity index (χ2n) is 7.45. The van der Waals surface area contributed by atoms with Crippen molar-refractivity contribution in [3.8, 4) is 0 Å². The largest absolute Gasteiger partial charge is 0.363 e. The summed E-state index contributed by atoms with van der Waals surface area (Å²) in [6, 6.07) is 14.8. The van der Waals surface area contributed by atoms with Crippen molar-refractivity contribution in [1.82, 2.24) is 15.5 Å². The fourth-order valence-electron chi connectivity index (χ4n) is 3.63. The molecular weight excluding hydrogens is 394 g/mol. The first-order valence-electron chi connectivity index (χ1n) is 10.8. The zero-order valence-corrected chi connectivity index (χ0v) is 18.8. The van der Waals surface area contributed by atoms with Gasteiger partial charge in [0.25, 0.3) is 0 Å². The number of aliphatic imine (C=N–C) groups is 1. The number of likely N-dealkylation sites (N-methyl/N-ethyl adjacent to an activating group) is 1. The van der Waals surface area contributed by atoms with Gasteiger partial charge in [-0.3, -0.25) is 4.79 Å². The Morgan fingerprint density at radius 1 is 1.17 bits per heavy atom. The number of piperidine rings is 1. The first kappa shape index (κ1) is 22.2. The predicted molar refractivity (Wildman–Crippen MR) is 126 cm³/mol. The van der Waals surface area contributed by atoms with Crippen molar-refractivity contribution < 1.29 is 4.79 Å². The van der Waals surface area contributed by atoms with Crippen LogP contribution in [0, 0.1) is 0 Å². The number of guanidine groups is 1. The number of hydrogen-bond acceptors (Lipinski definition) is 4. The quantitative estimate of drug-likeness (QED) is 0.501. The van der Waals surface area contributed by atoms with E-state index in [4.69, 9.17) is 0 Å². The lowest BCUT2D eigenvalue weighted by Crippen LogP contribution is -2.49. The lowest BCUT2D eigenvalue weighted by atomic mass is 10.1. The summed E-state index contributed by atoms with van der Waals surface area (Å²) in [6.45, 7) is 8.36. The lowest BCUT2D eigenvalue weighted by Gasteiger charge is -2.33. The van der Waals surface area contributed by atoms with E-state index < -0.39 is 0 Å². The third-order valence-electron chi connectivity index (χ3n) is 5.32. The SMILES string of the molecule is CCNC(=NCC(=O)N(CC)Cc1ccccc1)NC1CCN(c2cccs2)CC1. The van der Waals surface area contributed by atoms with E-state index in [-0.39, 0.29) is 12.5 Å². The first-order valence-corrected chi connectivity index (χ1v) is 11.7. The average molecular weight is 428 g/mol. The van der Waals surface area contributed by atoms with Crippen LogP contribution in [0.3, 0.4) is 0 Å². The van der Waals surface area contributed by atoms with Gasteiger partial charge < -0.3 is 20.4 Å². The van der Waals surface area contributed by atoms with E-state index in [9.17, 15) is 4.79 Å². The molecule has 2 aromatic rings. The molecule has 7 heteroatoms. The van der Waals surface area contributed by atoms with Crippen LogP contribution in [0.4, 0.5) is 5.00 Å². The number of anilines is 1. The highest BCUT2D eigenvalue weighted by atomic mass is 32.1. The second-order valence-corrected chi connectivity index (χ2v) is 8.37. The molecular formula is C23H33N5OS. The molecule has 0 saturated carbocycles. The highest BCUT2D eigenvalue weighted by molar-refractivity contribution is 7.14. The van der Waals surface area contributed by atoms with Crippen molar-refractivity contribution in [2.75, 3.05) is 37.6 Å². The summed E-state index contributed by atoms with van der Waals surface area (Å²) in [5.41, 5.74) is 1.14. The summed E-state index contributed by atoms with van der Waals surface area (Å²) in [5, 5.41) is 10.3. The van der Waals surface area contributed by atoms with Gasteiger partial charge in [-0.25, -0.2) is 4.99 Å². The smallest absolute Gasteiger partial charge is 0.244 e. The van der Waals surface area contributed by atoms with Gasteiger partial charge in [0.2, 0.25) is 5.91 Å². The molecule has 6 nitrogen and oxygen atoms in total. The number of nitrogens with zero attached hydrogens (tertiary/aromatic N) is 3. The van der Waals surface area contributed by atoms with Gasteiger partial charge >= 0.3 is 0 Å². The molecule has 2 N–H and O–H groups in total. The number of carbonyl (C=O) groups is 1. The van der Waals surface area contributed by atoms with Gasteiger partial charge in [0.15, 0.2) is 5.96 Å². The summed E-state index contributed by atoms with van der Waals surface area (Å²) < 4.78 is 0. The van der Waals surface area contributed by atoms with Crippen molar-refractivity contribution in [3.05, 3.63) is 53.4 Å². The Bertz CT molecular complexity index is 785. The molecule has 1 fully saturated rings. The predicted octanol–water partition coefficient (Wildman–Crippen LogP) is 3.32. The standard InChI is InChI=1S/C23H33N5OS/c1-3-24-23(26-20-12-14-28(15-13-20)22-11-8-16-30-22)25-17-21(29)27(4-2)18-19-9-6-5-7-10-19/h5-11,16,20H,3-4,12-15,17-18H2,1-2H3,(H2,24,25,26). The topological polar surface area (TPSA) is 60.0 Å². The molecule has 3 rings (SSSR count). The summed E-state index contributed by atoms with van der Waals surface area (Å²) in [4.78, 5) is 21.6. The van der Waals surface area contributed by atoms with E-state index in [2.05, 4.69) is 38.0 Å². The molecule has 0 aliphatic carbocycles. The average Bonchev–Trinajstić information content (AvgIpc) is 3.32. The van der Waals surface area contributed by atoms with Gasteiger partial charge in [-0.1, -0.05) is 30.3 Å². The Balaban J connectivity index is 1.51. The van der Waals surface area contributed by atoms with Crippen LogP contribution in [0.25, 0.3) is 0 Å². The molecule has 1 aliphatic rings. The van der Waals surface area contributed by atoms with Crippen LogP contribution in [0.15, 0.2) is 52.8 Å². The zero-order chi connectivity index (χ0) is 21.2. The van der Waals surface area contributed by atoms with Crippen molar-refractivity contribution >= 4 is 28.2 Å². The van der Waals surface area contributed by atoms with E-state index in [0.29, 0.717) is 19.1 Å². The lowest BCUT2D eigenvalue weighted by molar-refractivity contribution is -0.130. The molecule has 2 heterocycles. The molecule has 1 amide bonds. The molecule has 0 bridgehead atoms. The van der Waals surface area contributed by atoms with Gasteiger partial charge in [-0.05, 0) is 49.8 Å². The van der Waals surface area contributed by atoms with Crippen LogP contribution in [0.5, 0.6) is 0 Å². The maximum atomic E-state index is 12.7. The van der Waals surface area contributed by atoms with Crippen LogP contribution < -0.4 is 15.5 Å². The van der Waals surface area contributed by atoms with Crippen LogP contribution in [-0.4, -0.2) is 55.5 Å². The number of thiophene rings is 1. The van der Waals surface area contributed by atoms with Gasteiger partial charge in [0.1, 0.15) is 6.54 Å². The summed E-state index contributed by atoms with van der Waals surface area (Å²) >= 11 is 1.80. The van der Waals surface area contributed by atoms with E-state index in [1.165, 1.54) is 5.00 Å². The van der Waals surface area contributed by atoms with Gasteiger partial charge in [0.05, 0.1) is 5.00 Å². The zero-order valence-electron chi connectivity index (χ0n) is 18.0. The van der Waals surface area contributed by atoms with Gasteiger partial charge in [-0.15, -0.1) is 11.3 Å². The molecule has 162 valence electrons. The third kappa shape index (κ3) is 6.49. The molecule has 1 saturated heterocycles. The minimum Gasteiger partial charge on any atom is -0.363 e. The summed E-state index contributed by atoms with van der Waals surface area (Å²) in [6.07, 6.45) is 2.12. The van der Waals surface area contributed by atoms with Crippen molar-refractivity contribution in [1.29, 1.82) is 0 Å². The molecule has 1 aromatic heterocycles. The fraction of sp³-hybridized carbons (Fsp3) is 0.478. The van der Waals surface area contributed by atoms with Crippen LogP contribution in [-0.2, 0) is 11.3 Å². The monoisotopic (exact) mass is 427 g/mol. The van der Waals surface area contributed by atoms with Gasteiger partial charge in [-0.2, -0.15) is 0 Å². The second kappa shape index (κ2) is 11.6. The maximum Gasteiger partial charge on any atom is 0.244 e. The summed E-state index contributed by atoms with van der Waals surface area (Å²) in [7, 11) is 0. The van der Waals surface area contributed by atoms with Crippen molar-refractivity contribution in [2.24, 2.45) is 4.99 Å². The molecule has 0 radical (unpaired) electrons. The number of amides is 1. The van der Waals surface area contributed by atoms with Crippen LogP contribution in [0.1, 0.15) is 32.3 Å². The molecule has 30 heavy (non-hydrogen) atoms.